The molecule has 0 unspecified atom stereocenters. The van der Waals surface area contributed by atoms with E-state index in [0.29, 0.717) is 5.82 Å². The van der Waals surface area contributed by atoms with Crippen molar-refractivity contribution in [1.82, 2.24) is 10.3 Å². The summed E-state index contributed by atoms with van der Waals surface area (Å²) in [4.78, 5) is 5.82. The fourth-order valence-electron chi connectivity index (χ4n) is 1.63. The van der Waals surface area contributed by atoms with E-state index >= 15 is 0 Å². The first-order valence-electron chi connectivity index (χ1n) is 5.06. The highest BCUT2D eigenvalue weighted by atomic mass is 19.3. The molecule has 1 aromatic heterocycles. The minimum atomic E-state index is -4.31. The molecule has 1 saturated heterocycles. The number of halogens is 3. The lowest BCUT2D eigenvalue weighted by molar-refractivity contribution is -0.137. The molecule has 0 bridgehead atoms. The molecule has 0 spiro atoms. The van der Waals surface area contributed by atoms with Crippen LogP contribution in [0.1, 0.15) is 5.56 Å². The average Bonchev–Trinajstić information content (AvgIpc) is 2.29. The van der Waals surface area contributed by atoms with Crippen LogP contribution < -0.4 is 10.2 Å². The fraction of sp³-hybridized carbons (Fsp3) is 0.500. The predicted octanol–water partition coefficient (Wildman–Crippen LogP) is 1.51. The number of hydrogen-bond acceptors (Lipinski definition) is 3. The van der Waals surface area contributed by atoms with Crippen molar-refractivity contribution < 1.29 is 13.2 Å². The molecule has 1 N–H and O–H groups in total. The van der Waals surface area contributed by atoms with Crippen LogP contribution in [0.4, 0.5) is 19.0 Å². The van der Waals surface area contributed by atoms with E-state index in [4.69, 9.17) is 0 Å². The lowest BCUT2D eigenvalue weighted by Crippen LogP contribution is -2.43. The van der Waals surface area contributed by atoms with Gasteiger partial charge in [-0.15, -0.1) is 0 Å². The van der Waals surface area contributed by atoms with Gasteiger partial charge in [-0.2, -0.15) is 13.2 Å². The number of rotatable bonds is 1. The van der Waals surface area contributed by atoms with Gasteiger partial charge in [0.15, 0.2) is 0 Å². The molecular formula is C10H12F3N3. The van der Waals surface area contributed by atoms with Crippen molar-refractivity contribution in [2.24, 2.45) is 0 Å². The number of nitrogens with one attached hydrogen (secondary N) is 1. The van der Waals surface area contributed by atoms with Crippen LogP contribution in [0.2, 0.25) is 0 Å². The maximum atomic E-state index is 12.3. The van der Waals surface area contributed by atoms with E-state index in [1.807, 2.05) is 4.90 Å². The van der Waals surface area contributed by atoms with Gasteiger partial charge in [-0.3, -0.25) is 0 Å². The Morgan fingerprint density at radius 3 is 2.38 bits per heavy atom. The van der Waals surface area contributed by atoms with E-state index in [0.717, 1.165) is 38.4 Å². The van der Waals surface area contributed by atoms with Crippen LogP contribution in [0, 0.1) is 0 Å². The SMILES string of the molecule is FC(F)([18F])c1ccc(N2CCNCC2)nc1. The Hall–Kier alpha value is -1.30. The van der Waals surface area contributed by atoms with E-state index < -0.39 is 11.7 Å². The number of anilines is 1. The summed E-state index contributed by atoms with van der Waals surface area (Å²) in [5.74, 6) is 0.606. The Balaban J connectivity index is 2.12. The first kappa shape index (κ1) is 11.2. The zero-order chi connectivity index (χ0) is 11.6. The average molecular weight is 230 g/mol. The van der Waals surface area contributed by atoms with E-state index in [-0.39, 0.29) is 0 Å². The van der Waals surface area contributed by atoms with Crippen molar-refractivity contribution in [1.29, 1.82) is 0 Å². The number of nitrogens with zero attached hydrogens (tertiary/aromatic N) is 2. The van der Waals surface area contributed by atoms with Gasteiger partial charge in [0.25, 0.3) is 0 Å². The highest BCUT2D eigenvalue weighted by Gasteiger charge is 2.30. The summed E-state index contributed by atoms with van der Waals surface area (Å²) < 4.78 is 36.9. The molecule has 6 heteroatoms. The van der Waals surface area contributed by atoms with Gasteiger partial charge in [0.1, 0.15) is 5.82 Å². The fourth-order valence-corrected chi connectivity index (χ4v) is 1.63. The molecule has 0 aliphatic carbocycles. The van der Waals surface area contributed by atoms with Crippen molar-refractivity contribution in [3.05, 3.63) is 23.9 Å². The number of hydrogen-bond donors (Lipinski definition) is 1. The first-order chi connectivity index (χ1) is 7.57. The lowest BCUT2D eigenvalue weighted by Gasteiger charge is -2.28. The molecule has 0 amide bonds. The molecule has 1 fully saturated rings. The number of pyridine rings is 1. The number of aromatic nitrogens is 1. The highest BCUT2D eigenvalue weighted by molar-refractivity contribution is 5.40. The predicted molar refractivity (Wildman–Crippen MR) is 54.3 cm³/mol. The van der Waals surface area contributed by atoms with Crippen LogP contribution in [0.5, 0.6) is 0 Å². The zero-order valence-corrected chi connectivity index (χ0v) is 8.59. The molecule has 0 radical (unpaired) electrons. The molecule has 2 heterocycles. The van der Waals surface area contributed by atoms with Gasteiger partial charge in [0.2, 0.25) is 0 Å². The summed E-state index contributed by atoms with van der Waals surface area (Å²) in [6.45, 7) is 3.22. The largest absolute Gasteiger partial charge is 0.417 e. The Morgan fingerprint density at radius 1 is 1.19 bits per heavy atom. The first-order valence-corrected chi connectivity index (χ1v) is 5.06. The molecule has 0 aromatic carbocycles. The van der Waals surface area contributed by atoms with Crippen LogP contribution in [-0.2, 0) is 6.18 Å². The van der Waals surface area contributed by atoms with Crippen LogP contribution in [-0.4, -0.2) is 31.2 Å². The van der Waals surface area contributed by atoms with Gasteiger partial charge in [0.05, 0.1) is 5.56 Å². The molecule has 16 heavy (non-hydrogen) atoms. The second kappa shape index (κ2) is 4.29. The molecular weight excluding hydrogens is 218 g/mol. The Morgan fingerprint density at radius 2 is 1.88 bits per heavy atom. The third-order valence-electron chi connectivity index (χ3n) is 2.52. The van der Waals surface area contributed by atoms with E-state index in [9.17, 15) is 13.2 Å². The monoisotopic (exact) mass is 230 g/mol. The second-order valence-electron chi connectivity index (χ2n) is 3.64. The molecule has 1 aliphatic heterocycles. The molecule has 0 atom stereocenters. The quantitative estimate of drug-likeness (QED) is 0.792. The number of piperazine rings is 1. The third-order valence-corrected chi connectivity index (χ3v) is 2.52. The van der Waals surface area contributed by atoms with Crippen LogP contribution in [0.3, 0.4) is 0 Å². The summed E-state index contributed by atoms with van der Waals surface area (Å²) in [6.07, 6.45) is -3.42. The maximum absolute atomic E-state index is 12.3. The molecule has 0 saturated carbocycles. The van der Waals surface area contributed by atoms with Crippen molar-refractivity contribution >= 4 is 5.82 Å². The highest BCUT2D eigenvalue weighted by Crippen LogP contribution is 2.29. The van der Waals surface area contributed by atoms with E-state index in [1.165, 1.54) is 6.07 Å². The van der Waals surface area contributed by atoms with Gasteiger partial charge in [-0.25, -0.2) is 4.98 Å². The van der Waals surface area contributed by atoms with Crippen LogP contribution >= 0.6 is 0 Å². The van der Waals surface area contributed by atoms with Crippen molar-refractivity contribution in [3.63, 3.8) is 0 Å². The summed E-state index contributed by atoms with van der Waals surface area (Å²) >= 11 is 0. The van der Waals surface area contributed by atoms with Gasteiger partial charge in [-0.05, 0) is 12.1 Å². The second-order valence-corrected chi connectivity index (χ2v) is 3.64. The summed E-state index contributed by atoms with van der Waals surface area (Å²) in [5, 5.41) is 3.17. The van der Waals surface area contributed by atoms with E-state index in [1.54, 1.807) is 0 Å². The van der Waals surface area contributed by atoms with Gasteiger partial charge in [0, 0.05) is 32.4 Å². The maximum Gasteiger partial charge on any atom is 0.417 e. The Labute approximate surface area is 91.3 Å². The number of alkyl halides is 3. The summed E-state index contributed by atoms with van der Waals surface area (Å²) in [6, 6.07) is 2.50. The van der Waals surface area contributed by atoms with Crippen LogP contribution in [0.25, 0.3) is 0 Å². The molecule has 1 aromatic rings. The minimum Gasteiger partial charge on any atom is -0.354 e. The van der Waals surface area contributed by atoms with E-state index in [2.05, 4.69) is 10.3 Å². The lowest BCUT2D eigenvalue weighted by atomic mass is 10.2. The Bertz CT molecular complexity index is 341. The molecule has 2 rings (SSSR count). The van der Waals surface area contributed by atoms with Crippen molar-refractivity contribution in [2.45, 2.75) is 6.18 Å². The smallest absolute Gasteiger partial charge is 0.354 e. The summed E-state index contributed by atoms with van der Waals surface area (Å²) in [7, 11) is 0. The van der Waals surface area contributed by atoms with Crippen molar-refractivity contribution in [2.75, 3.05) is 31.1 Å². The third kappa shape index (κ3) is 2.44. The standard InChI is InChI=1S/C10H12F3N3/c11-10(12,13)8-1-2-9(15-7-8)16-5-3-14-4-6-16/h1-2,7,14H,3-6H2/i11-1. The van der Waals surface area contributed by atoms with Crippen LogP contribution in [0.15, 0.2) is 18.3 Å². The van der Waals surface area contributed by atoms with Gasteiger partial charge in [-0.1, -0.05) is 0 Å². The van der Waals surface area contributed by atoms with Crippen molar-refractivity contribution in [3.8, 4) is 0 Å². The minimum absolute atomic E-state index is 0.606. The molecule has 3 nitrogen and oxygen atoms in total. The molecule has 1 aliphatic rings. The summed E-state index contributed by atoms with van der Waals surface area (Å²) in [5.41, 5.74) is -0.702. The van der Waals surface area contributed by atoms with Gasteiger partial charge < -0.3 is 10.2 Å². The Kier molecular flexibility index (Phi) is 3.00. The molecule has 88 valence electrons. The normalized spacial score (nSPS) is 17.6. The van der Waals surface area contributed by atoms with Gasteiger partial charge >= 0.3 is 6.18 Å². The topological polar surface area (TPSA) is 28.2 Å². The zero-order valence-electron chi connectivity index (χ0n) is 8.59.